The Bertz CT molecular complexity index is 2930. The Kier molecular flexibility index (Phi) is 7.18. The number of benzene rings is 10. The smallest absolute Gasteiger partial charge is 0.141 e. The first kappa shape index (κ1) is 32.6. The number of hydrogen-bond acceptors (Lipinski definition) is 2. The lowest BCUT2D eigenvalue weighted by atomic mass is 9.63. The Morgan fingerprint density at radius 1 is 0.268 bits per heavy atom. The van der Waals surface area contributed by atoms with Crippen LogP contribution in [0.15, 0.2) is 206 Å². The molecule has 2 nitrogen and oxygen atoms in total. The molecule has 10 aromatic rings. The highest BCUT2D eigenvalue weighted by molar-refractivity contribution is 6.15. The highest BCUT2D eigenvalue weighted by Crippen LogP contribution is 2.54. The van der Waals surface area contributed by atoms with E-state index in [1.807, 2.05) is 72.8 Å². The van der Waals surface area contributed by atoms with Crippen molar-refractivity contribution in [2.45, 2.75) is 11.2 Å². The van der Waals surface area contributed by atoms with E-state index in [1.54, 1.807) is 0 Å². The SMILES string of the molecule is OC1(c2cccc(-c3cc4ccccc4c4ccccc34)c2)c2ccccc2C(O)(c2cccc(-c3cc4ccccc4c4ccccc34)c2)c2ccccc21. The van der Waals surface area contributed by atoms with Crippen molar-refractivity contribution in [3.8, 4) is 22.3 Å². The topological polar surface area (TPSA) is 40.5 Å². The van der Waals surface area contributed by atoms with E-state index in [9.17, 15) is 10.2 Å². The monoisotopic (exact) mass is 716 g/mol. The van der Waals surface area contributed by atoms with Crippen molar-refractivity contribution in [3.05, 3.63) is 240 Å². The van der Waals surface area contributed by atoms with Crippen molar-refractivity contribution in [1.82, 2.24) is 0 Å². The number of hydrogen-bond donors (Lipinski definition) is 2. The summed E-state index contributed by atoms with van der Waals surface area (Å²) in [5.74, 6) is 0. The van der Waals surface area contributed by atoms with Crippen molar-refractivity contribution >= 4 is 43.1 Å². The van der Waals surface area contributed by atoms with E-state index in [2.05, 4.69) is 133 Å². The van der Waals surface area contributed by atoms with Crippen molar-refractivity contribution in [1.29, 1.82) is 0 Å². The van der Waals surface area contributed by atoms with Gasteiger partial charge in [-0.2, -0.15) is 0 Å². The van der Waals surface area contributed by atoms with E-state index in [4.69, 9.17) is 0 Å². The van der Waals surface area contributed by atoms with E-state index >= 15 is 0 Å². The van der Waals surface area contributed by atoms with Gasteiger partial charge in [-0.1, -0.05) is 182 Å². The predicted molar refractivity (Wildman–Crippen MR) is 231 cm³/mol. The van der Waals surface area contributed by atoms with E-state index in [-0.39, 0.29) is 0 Å². The molecule has 0 saturated carbocycles. The molecule has 0 bridgehead atoms. The zero-order valence-corrected chi connectivity index (χ0v) is 30.5. The fourth-order valence-electron chi connectivity index (χ4n) is 9.55. The molecule has 0 saturated heterocycles. The highest BCUT2D eigenvalue weighted by atomic mass is 16.3. The maximum Gasteiger partial charge on any atom is 0.141 e. The molecule has 0 amide bonds. The summed E-state index contributed by atoms with van der Waals surface area (Å²) >= 11 is 0. The fraction of sp³-hybridized carbons (Fsp3) is 0.0370. The molecule has 56 heavy (non-hydrogen) atoms. The van der Waals surface area contributed by atoms with Gasteiger partial charge in [0, 0.05) is 0 Å². The van der Waals surface area contributed by atoms with Gasteiger partial charge in [-0.25, -0.2) is 0 Å². The van der Waals surface area contributed by atoms with Gasteiger partial charge in [-0.05, 0) is 123 Å². The summed E-state index contributed by atoms with van der Waals surface area (Å²) in [4.78, 5) is 0. The van der Waals surface area contributed by atoms with Crippen LogP contribution in [0.25, 0.3) is 65.3 Å². The lowest BCUT2D eigenvalue weighted by molar-refractivity contribution is 0.0748. The largest absolute Gasteiger partial charge is 0.376 e. The Morgan fingerprint density at radius 3 is 0.982 bits per heavy atom. The Hall–Kier alpha value is -6.84. The second kappa shape index (κ2) is 12.3. The lowest BCUT2D eigenvalue weighted by Gasteiger charge is -2.45. The van der Waals surface area contributed by atoms with Crippen LogP contribution in [0.5, 0.6) is 0 Å². The molecule has 1 aliphatic carbocycles. The predicted octanol–water partition coefficient (Wildman–Crippen LogP) is 12.5. The summed E-state index contributed by atoms with van der Waals surface area (Å²) in [5, 5.41) is 36.3. The maximum atomic E-state index is 13.4. The van der Waals surface area contributed by atoms with E-state index in [0.29, 0.717) is 22.3 Å². The first-order valence-corrected chi connectivity index (χ1v) is 19.2. The van der Waals surface area contributed by atoms with Crippen LogP contribution in [0.1, 0.15) is 33.4 Å². The minimum Gasteiger partial charge on any atom is -0.376 e. The number of rotatable bonds is 4. The van der Waals surface area contributed by atoms with Crippen LogP contribution in [0.4, 0.5) is 0 Å². The van der Waals surface area contributed by atoms with Gasteiger partial charge < -0.3 is 10.2 Å². The standard InChI is InChI=1S/C54H36O2/c55-53(39-19-13-17-35(31-39)47-33-37-15-1-3-21-41(37)43-23-5-7-25-45(43)47)49-27-9-11-29-51(49)54(56,52-30-12-10-28-50(52)53)40-20-14-18-36(32-40)48-34-38-16-2-4-22-42(38)44-24-6-8-26-46(44)48/h1-34,55-56H. The molecule has 2 N–H and O–H groups in total. The second-order valence-corrected chi connectivity index (χ2v) is 15.1. The first-order chi connectivity index (χ1) is 27.5. The first-order valence-electron chi connectivity index (χ1n) is 19.2. The molecule has 2 heteroatoms. The molecule has 0 unspecified atom stereocenters. The summed E-state index contributed by atoms with van der Waals surface area (Å²) in [6.07, 6.45) is 0. The minimum absolute atomic E-state index is 0.656. The summed E-state index contributed by atoms with van der Waals surface area (Å²) in [6.45, 7) is 0. The molecular formula is C54H36O2. The average Bonchev–Trinajstić information content (AvgIpc) is 3.28. The molecule has 0 fully saturated rings. The fourth-order valence-corrected chi connectivity index (χ4v) is 9.55. The Balaban J connectivity index is 1.11. The van der Waals surface area contributed by atoms with Crippen molar-refractivity contribution in [2.75, 3.05) is 0 Å². The van der Waals surface area contributed by atoms with Crippen LogP contribution in [-0.4, -0.2) is 10.2 Å². The maximum absolute atomic E-state index is 13.4. The van der Waals surface area contributed by atoms with Crippen LogP contribution in [-0.2, 0) is 11.2 Å². The molecule has 0 atom stereocenters. The van der Waals surface area contributed by atoms with Gasteiger partial charge in [0.25, 0.3) is 0 Å². The van der Waals surface area contributed by atoms with Gasteiger partial charge in [0.15, 0.2) is 0 Å². The van der Waals surface area contributed by atoms with Crippen LogP contribution in [0.3, 0.4) is 0 Å². The van der Waals surface area contributed by atoms with Crippen LogP contribution < -0.4 is 0 Å². The van der Waals surface area contributed by atoms with Gasteiger partial charge in [0.2, 0.25) is 0 Å². The average molecular weight is 717 g/mol. The van der Waals surface area contributed by atoms with E-state index < -0.39 is 11.2 Å². The van der Waals surface area contributed by atoms with Crippen molar-refractivity contribution < 1.29 is 10.2 Å². The van der Waals surface area contributed by atoms with Gasteiger partial charge in [0.05, 0.1) is 0 Å². The Morgan fingerprint density at radius 2 is 0.589 bits per heavy atom. The molecule has 0 radical (unpaired) electrons. The third-order valence-electron chi connectivity index (χ3n) is 12.1. The van der Waals surface area contributed by atoms with Gasteiger partial charge in [-0.3, -0.25) is 0 Å². The third-order valence-corrected chi connectivity index (χ3v) is 12.1. The molecular weight excluding hydrogens is 681 g/mol. The zero-order chi connectivity index (χ0) is 37.4. The third kappa shape index (κ3) is 4.64. The highest BCUT2D eigenvalue weighted by Gasteiger charge is 2.50. The summed E-state index contributed by atoms with van der Waals surface area (Å²) in [6, 6.07) is 70.9. The van der Waals surface area contributed by atoms with Crippen molar-refractivity contribution in [2.24, 2.45) is 0 Å². The zero-order valence-electron chi connectivity index (χ0n) is 30.5. The van der Waals surface area contributed by atoms with E-state index in [0.717, 1.165) is 44.2 Å². The summed E-state index contributed by atoms with van der Waals surface area (Å²) in [5.41, 5.74) is 5.26. The second-order valence-electron chi connectivity index (χ2n) is 15.1. The molecule has 1 aliphatic rings. The molecule has 0 heterocycles. The molecule has 0 aromatic heterocycles. The van der Waals surface area contributed by atoms with Gasteiger partial charge in [-0.15, -0.1) is 0 Å². The summed E-state index contributed by atoms with van der Waals surface area (Å²) in [7, 11) is 0. The lowest BCUT2D eigenvalue weighted by Crippen LogP contribution is -2.44. The van der Waals surface area contributed by atoms with E-state index in [1.165, 1.54) is 32.3 Å². The molecule has 0 spiro atoms. The molecule has 264 valence electrons. The van der Waals surface area contributed by atoms with Crippen molar-refractivity contribution in [3.63, 3.8) is 0 Å². The van der Waals surface area contributed by atoms with Crippen LogP contribution >= 0.6 is 0 Å². The molecule has 0 aliphatic heterocycles. The minimum atomic E-state index is -1.55. The van der Waals surface area contributed by atoms with Crippen LogP contribution in [0, 0.1) is 0 Å². The summed E-state index contributed by atoms with van der Waals surface area (Å²) < 4.78 is 0. The normalized spacial score (nSPS) is 17.6. The Labute approximate surface area is 325 Å². The van der Waals surface area contributed by atoms with Gasteiger partial charge >= 0.3 is 0 Å². The van der Waals surface area contributed by atoms with Crippen LogP contribution in [0.2, 0.25) is 0 Å². The number of aliphatic hydroxyl groups is 2. The number of fused-ring (bicyclic) bond motifs is 8. The quantitative estimate of drug-likeness (QED) is 0.178. The molecule has 11 rings (SSSR count). The molecule has 10 aromatic carbocycles. The van der Waals surface area contributed by atoms with Gasteiger partial charge in [0.1, 0.15) is 11.2 Å².